The van der Waals surface area contributed by atoms with Crippen molar-refractivity contribution in [2.75, 3.05) is 0 Å². The molecule has 0 aliphatic rings. The summed E-state index contributed by atoms with van der Waals surface area (Å²) in [6, 6.07) is 9.04. The number of pyridine rings is 1. The van der Waals surface area contributed by atoms with Crippen LogP contribution in [0, 0.1) is 18.6 Å². The summed E-state index contributed by atoms with van der Waals surface area (Å²) in [6.45, 7) is 5.48. The normalized spacial score (nSPS) is 13.8. The van der Waals surface area contributed by atoms with E-state index in [9.17, 15) is 8.78 Å². The first kappa shape index (κ1) is 21.2. The van der Waals surface area contributed by atoms with Gasteiger partial charge in [-0.15, -0.1) is 10.2 Å². The zero-order valence-electron chi connectivity index (χ0n) is 17.0. The lowest BCUT2D eigenvalue weighted by Crippen LogP contribution is -2.13. The summed E-state index contributed by atoms with van der Waals surface area (Å²) in [5, 5.41) is 7.80. The van der Waals surface area contributed by atoms with Gasteiger partial charge in [0.25, 0.3) is 5.89 Å². The predicted molar refractivity (Wildman–Crippen MR) is 111 cm³/mol. The SMILES string of the molecule is CCC(/C=C(\N)c1c(F)cccc1F)=C(/N)C(C)c1cccc(-c2nnc(C)o2)n1. The van der Waals surface area contributed by atoms with E-state index in [4.69, 9.17) is 15.9 Å². The summed E-state index contributed by atoms with van der Waals surface area (Å²) in [5.41, 5.74) is 14.5. The van der Waals surface area contributed by atoms with Crippen molar-refractivity contribution >= 4 is 5.70 Å². The van der Waals surface area contributed by atoms with Gasteiger partial charge in [0, 0.05) is 29.9 Å². The Hall–Kier alpha value is -3.55. The first-order chi connectivity index (χ1) is 14.3. The summed E-state index contributed by atoms with van der Waals surface area (Å²) >= 11 is 0. The number of hydrogen-bond acceptors (Lipinski definition) is 6. The van der Waals surface area contributed by atoms with Crippen LogP contribution in [-0.2, 0) is 0 Å². The highest BCUT2D eigenvalue weighted by Gasteiger charge is 2.17. The molecule has 0 bridgehead atoms. The van der Waals surface area contributed by atoms with Gasteiger partial charge in [0.1, 0.15) is 17.3 Å². The summed E-state index contributed by atoms with van der Waals surface area (Å²) < 4.78 is 33.5. The lowest BCUT2D eigenvalue weighted by atomic mass is 9.96. The highest BCUT2D eigenvalue weighted by Crippen LogP contribution is 2.27. The van der Waals surface area contributed by atoms with Gasteiger partial charge in [0.05, 0.1) is 5.56 Å². The molecule has 0 aliphatic heterocycles. The summed E-state index contributed by atoms with van der Waals surface area (Å²) in [7, 11) is 0. The zero-order chi connectivity index (χ0) is 21.8. The second-order valence-corrected chi connectivity index (χ2v) is 6.83. The quantitative estimate of drug-likeness (QED) is 0.581. The molecule has 2 heterocycles. The van der Waals surface area contributed by atoms with Crippen molar-refractivity contribution in [3.05, 3.63) is 82.5 Å². The molecule has 0 saturated carbocycles. The smallest absolute Gasteiger partial charge is 0.266 e. The molecule has 0 amide bonds. The van der Waals surface area contributed by atoms with Crippen molar-refractivity contribution in [2.45, 2.75) is 33.1 Å². The molecule has 4 N–H and O–H groups in total. The highest BCUT2D eigenvalue weighted by molar-refractivity contribution is 5.66. The Bertz CT molecular complexity index is 1100. The second kappa shape index (κ2) is 8.86. The predicted octanol–water partition coefficient (Wildman–Crippen LogP) is 4.44. The third-order valence-corrected chi connectivity index (χ3v) is 4.76. The molecule has 0 aliphatic carbocycles. The molecular formula is C22H23F2N5O. The van der Waals surface area contributed by atoms with Gasteiger partial charge < -0.3 is 15.9 Å². The van der Waals surface area contributed by atoms with Crippen LogP contribution < -0.4 is 11.5 Å². The third kappa shape index (κ3) is 4.37. The van der Waals surface area contributed by atoms with E-state index in [0.717, 1.165) is 12.1 Å². The Morgan fingerprint density at radius 3 is 2.37 bits per heavy atom. The van der Waals surface area contributed by atoms with Crippen molar-refractivity contribution in [3.8, 4) is 11.6 Å². The molecule has 2 aromatic heterocycles. The molecule has 1 atom stereocenters. The van der Waals surface area contributed by atoms with E-state index in [-0.39, 0.29) is 17.2 Å². The van der Waals surface area contributed by atoms with Gasteiger partial charge in [0.2, 0.25) is 5.89 Å². The van der Waals surface area contributed by atoms with Crippen LogP contribution in [0.25, 0.3) is 17.3 Å². The van der Waals surface area contributed by atoms with Crippen LogP contribution in [0.5, 0.6) is 0 Å². The van der Waals surface area contributed by atoms with Gasteiger partial charge >= 0.3 is 0 Å². The molecule has 8 heteroatoms. The van der Waals surface area contributed by atoms with E-state index in [2.05, 4.69) is 15.2 Å². The van der Waals surface area contributed by atoms with E-state index in [0.29, 0.717) is 40.9 Å². The molecule has 6 nitrogen and oxygen atoms in total. The molecule has 3 aromatic rings. The van der Waals surface area contributed by atoms with Crippen molar-refractivity contribution in [1.29, 1.82) is 0 Å². The fraction of sp³-hybridized carbons (Fsp3) is 0.227. The van der Waals surface area contributed by atoms with Crippen molar-refractivity contribution in [2.24, 2.45) is 11.5 Å². The molecular weight excluding hydrogens is 388 g/mol. The highest BCUT2D eigenvalue weighted by atomic mass is 19.1. The molecule has 1 unspecified atom stereocenters. The minimum absolute atomic E-state index is 0.0272. The number of nitrogens with zero attached hydrogens (tertiary/aromatic N) is 3. The molecule has 1 aromatic carbocycles. The first-order valence-electron chi connectivity index (χ1n) is 9.49. The number of hydrogen-bond donors (Lipinski definition) is 2. The molecule has 0 saturated heterocycles. The third-order valence-electron chi connectivity index (χ3n) is 4.76. The van der Waals surface area contributed by atoms with Gasteiger partial charge in [-0.1, -0.05) is 26.0 Å². The standard InChI is InChI=1S/C22H23F2N5O/c1-4-14(11-17(25)20-15(23)7-5-8-16(20)24)21(26)12(2)18-9-6-10-19(27-18)22-29-28-13(3)30-22/h5-12H,4,25-26H2,1-3H3/b17-11-,21-14-. The Balaban J connectivity index is 1.97. The maximum Gasteiger partial charge on any atom is 0.266 e. The Morgan fingerprint density at radius 1 is 1.10 bits per heavy atom. The Labute approximate surface area is 173 Å². The Morgan fingerprint density at radius 2 is 1.77 bits per heavy atom. The molecule has 0 radical (unpaired) electrons. The van der Waals surface area contributed by atoms with Gasteiger partial charge in [-0.25, -0.2) is 13.8 Å². The lowest BCUT2D eigenvalue weighted by molar-refractivity contribution is 0.530. The number of rotatable bonds is 6. The van der Waals surface area contributed by atoms with Crippen LogP contribution in [0.1, 0.15) is 43.3 Å². The van der Waals surface area contributed by atoms with Gasteiger partial charge in [-0.2, -0.15) is 0 Å². The molecule has 0 fully saturated rings. The van der Waals surface area contributed by atoms with Crippen LogP contribution in [0.4, 0.5) is 8.78 Å². The van der Waals surface area contributed by atoms with Crippen LogP contribution in [0.2, 0.25) is 0 Å². The fourth-order valence-corrected chi connectivity index (χ4v) is 3.07. The van der Waals surface area contributed by atoms with Crippen molar-refractivity contribution in [3.63, 3.8) is 0 Å². The average Bonchev–Trinajstić information content (AvgIpc) is 3.17. The van der Waals surface area contributed by atoms with E-state index in [1.807, 2.05) is 26.0 Å². The number of benzene rings is 1. The van der Waals surface area contributed by atoms with Crippen LogP contribution in [0.3, 0.4) is 0 Å². The fourth-order valence-electron chi connectivity index (χ4n) is 3.07. The van der Waals surface area contributed by atoms with Crippen LogP contribution >= 0.6 is 0 Å². The van der Waals surface area contributed by atoms with Gasteiger partial charge in [-0.05, 0) is 42.3 Å². The minimum atomic E-state index is -0.727. The van der Waals surface area contributed by atoms with Crippen LogP contribution in [0.15, 0.2) is 58.2 Å². The number of nitrogens with two attached hydrogens (primary N) is 2. The number of allylic oxidation sites excluding steroid dienone is 3. The Kier molecular flexibility index (Phi) is 6.25. The first-order valence-corrected chi connectivity index (χ1v) is 9.49. The van der Waals surface area contributed by atoms with Gasteiger partial charge in [-0.3, -0.25) is 0 Å². The van der Waals surface area contributed by atoms with Gasteiger partial charge in [0.15, 0.2) is 0 Å². The molecule has 156 valence electrons. The average molecular weight is 411 g/mol. The largest absolute Gasteiger partial charge is 0.420 e. The maximum atomic E-state index is 14.0. The van der Waals surface area contributed by atoms with E-state index in [1.165, 1.54) is 12.1 Å². The van der Waals surface area contributed by atoms with E-state index >= 15 is 0 Å². The van der Waals surface area contributed by atoms with E-state index in [1.54, 1.807) is 13.0 Å². The van der Waals surface area contributed by atoms with Crippen molar-refractivity contribution < 1.29 is 13.2 Å². The summed E-state index contributed by atoms with van der Waals surface area (Å²) in [5.74, 6) is -0.971. The summed E-state index contributed by atoms with van der Waals surface area (Å²) in [6.07, 6.45) is 2.04. The molecule has 3 rings (SSSR count). The maximum absolute atomic E-state index is 14.0. The number of aromatic nitrogens is 3. The monoisotopic (exact) mass is 411 g/mol. The molecule has 30 heavy (non-hydrogen) atoms. The van der Waals surface area contributed by atoms with Crippen LogP contribution in [-0.4, -0.2) is 15.2 Å². The topological polar surface area (TPSA) is 104 Å². The minimum Gasteiger partial charge on any atom is -0.420 e. The molecule has 0 spiro atoms. The lowest BCUT2D eigenvalue weighted by Gasteiger charge is -2.16. The number of halogens is 2. The van der Waals surface area contributed by atoms with Crippen molar-refractivity contribution in [1.82, 2.24) is 15.2 Å². The second-order valence-electron chi connectivity index (χ2n) is 6.83. The van der Waals surface area contributed by atoms with E-state index < -0.39 is 11.6 Å². The number of aryl methyl sites for hydroxylation is 1. The zero-order valence-corrected chi connectivity index (χ0v) is 17.0. The summed E-state index contributed by atoms with van der Waals surface area (Å²) in [4.78, 5) is 4.58.